The van der Waals surface area contributed by atoms with Crippen molar-refractivity contribution in [2.24, 2.45) is 11.8 Å². The van der Waals surface area contributed by atoms with E-state index < -0.39 is 0 Å². The predicted molar refractivity (Wildman–Crippen MR) is 111 cm³/mol. The Morgan fingerprint density at radius 3 is 2.56 bits per heavy atom. The maximum absolute atomic E-state index is 12.9. The number of hydrogen-bond donors (Lipinski definition) is 0. The summed E-state index contributed by atoms with van der Waals surface area (Å²) in [6.45, 7) is 3.15. The van der Waals surface area contributed by atoms with Crippen LogP contribution in [0.4, 0.5) is 5.13 Å². The van der Waals surface area contributed by atoms with E-state index in [-0.39, 0.29) is 0 Å². The number of hydrogen-bond acceptors (Lipinski definition) is 4. The van der Waals surface area contributed by atoms with Crippen LogP contribution in [-0.4, -0.2) is 41.5 Å². The van der Waals surface area contributed by atoms with Gasteiger partial charge in [0, 0.05) is 31.6 Å². The van der Waals surface area contributed by atoms with E-state index in [9.17, 15) is 4.79 Å². The summed E-state index contributed by atoms with van der Waals surface area (Å²) in [6, 6.07) is 8.91. The van der Waals surface area contributed by atoms with E-state index in [0.29, 0.717) is 23.8 Å². The summed E-state index contributed by atoms with van der Waals surface area (Å²) in [5.74, 6) is 1.49. The first-order chi connectivity index (χ1) is 13.3. The van der Waals surface area contributed by atoms with Crippen LogP contribution in [0.15, 0.2) is 24.3 Å². The highest BCUT2D eigenvalue weighted by Gasteiger charge is 2.39. The molecule has 5 heteroatoms. The van der Waals surface area contributed by atoms with Crippen LogP contribution in [0.2, 0.25) is 0 Å². The van der Waals surface area contributed by atoms with Crippen molar-refractivity contribution in [3.63, 3.8) is 0 Å². The molecule has 1 atom stereocenters. The molecule has 27 heavy (non-hydrogen) atoms. The zero-order valence-electron chi connectivity index (χ0n) is 16.0. The number of carbonyl (C=O) groups is 1. The molecular formula is C22H29N3OS. The molecule has 0 bridgehead atoms. The summed E-state index contributed by atoms with van der Waals surface area (Å²) in [6.07, 6.45) is 9.61. The third-order valence-corrected chi connectivity index (χ3v) is 7.74. The van der Waals surface area contributed by atoms with Gasteiger partial charge < -0.3 is 9.80 Å². The molecule has 1 aromatic heterocycles. The summed E-state index contributed by atoms with van der Waals surface area (Å²) >= 11 is 1.81. The number of benzene rings is 1. The third kappa shape index (κ3) is 3.58. The minimum Gasteiger partial charge on any atom is -0.348 e. The SMILES string of the molecule is O=C(C1CC1)N1CCCCCC1C1CCN(c2nc3ccccc3s2)CC1. The number of thiazole rings is 1. The molecule has 0 spiro atoms. The smallest absolute Gasteiger partial charge is 0.225 e. The Hall–Kier alpha value is -1.62. The van der Waals surface area contributed by atoms with Gasteiger partial charge in [-0.2, -0.15) is 0 Å². The number of para-hydroxylation sites is 1. The fourth-order valence-corrected chi connectivity index (χ4v) is 5.95. The number of piperidine rings is 1. The lowest BCUT2D eigenvalue weighted by Gasteiger charge is -2.40. The number of carbonyl (C=O) groups excluding carboxylic acids is 1. The van der Waals surface area contributed by atoms with Crippen LogP contribution >= 0.6 is 11.3 Å². The van der Waals surface area contributed by atoms with Crippen molar-refractivity contribution in [3.8, 4) is 0 Å². The first-order valence-electron chi connectivity index (χ1n) is 10.7. The first kappa shape index (κ1) is 17.5. The van der Waals surface area contributed by atoms with Crippen LogP contribution in [-0.2, 0) is 4.79 Å². The lowest BCUT2D eigenvalue weighted by Crippen LogP contribution is -2.48. The molecule has 0 N–H and O–H groups in total. The Morgan fingerprint density at radius 1 is 0.963 bits per heavy atom. The quantitative estimate of drug-likeness (QED) is 0.771. The standard InChI is InChI=1S/C22H29N3OS/c26-21(17-9-10-17)25-13-5-1-2-7-19(25)16-11-14-24(15-12-16)22-23-18-6-3-4-8-20(18)27-22/h3-4,6,8,16-17,19H,1-2,5,7,9-15H2. The van der Waals surface area contributed by atoms with Crippen molar-refractivity contribution < 1.29 is 4.79 Å². The van der Waals surface area contributed by atoms with Gasteiger partial charge in [0.05, 0.1) is 10.2 Å². The van der Waals surface area contributed by atoms with Crippen LogP contribution in [0.25, 0.3) is 10.2 Å². The first-order valence-corrected chi connectivity index (χ1v) is 11.5. The normalized spacial score (nSPS) is 25.0. The number of amides is 1. The Balaban J connectivity index is 1.27. The summed E-state index contributed by atoms with van der Waals surface area (Å²) < 4.78 is 1.28. The molecule has 3 fully saturated rings. The largest absolute Gasteiger partial charge is 0.348 e. The van der Waals surface area contributed by atoms with Crippen LogP contribution in [0.1, 0.15) is 51.4 Å². The Morgan fingerprint density at radius 2 is 1.78 bits per heavy atom. The average molecular weight is 384 g/mol. The zero-order valence-corrected chi connectivity index (χ0v) is 16.8. The van der Waals surface area contributed by atoms with E-state index in [2.05, 4.69) is 34.1 Å². The number of likely N-dealkylation sites (tertiary alicyclic amines) is 1. The second-order valence-electron chi connectivity index (χ2n) is 8.51. The molecule has 4 nitrogen and oxygen atoms in total. The maximum atomic E-state index is 12.9. The highest BCUT2D eigenvalue weighted by atomic mass is 32.1. The number of anilines is 1. The van der Waals surface area contributed by atoms with Gasteiger partial charge in [-0.05, 0) is 56.6 Å². The van der Waals surface area contributed by atoms with Crippen molar-refractivity contribution in [3.05, 3.63) is 24.3 Å². The zero-order chi connectivity index (χ0) is 18.2. The van der Waals surface area contributed by atoms with Gasteiger partial charge in [0.15, 0.2) is 5.13 Å². The second-order valence-corrected chi connectivity index (χ2v) is 9.52. The molecule has 2 aromatic rings. The number of nitrogens with zero attached hydrogens (tertiary/aromatic N) is 3. The van der Waals surface area contributed by atoms with Crippen LogP contribution in [0.5, 0.6) is 0 Å². The molecule has 1 amide bonds. The van der Waals surface area contributed by atoms with Crippen LogP contribution in [0, 0.1) is 11.8 Å². The van der Waals surface area contributed by atoms with Crippen LogP contribution < -0.4 is 4.90 Å². The summed E-state index contributed by atoms with van der Waals surface area (Å²) in [5, 5.41) is 1.17. The topological polar surface area (TPSA) is 36.4 Å². The van der Waals surface area contributed by atoms with Gasteiger partial charge in [-0.15, -0.1) is 0 Å². The van der Waals surface area contributed by atoms with Gasteiger partial charge in [-0.3, -0.25) is 4.79 Å². The molecular weight excluding hydrogens is 354 g/mol. The molecule has 1 aliphatic carbocycles. The lowest BCUT2D eigenvalue weighted by molar-refractivity contribution is -0.136. The molecule has 5 rings (SSSR count). The van der Waals surface area contributed by atoms with E-state index in [1.807, 2.05) is 11.3 Å². The molecule has 1 aromatic carbocycles. The van der Waals surface area contributed by atoms with Crippen molar-refractivity contribution in [1.29, 1.82) is 0 Å². The molecule has 1 saturated carbocycles. The van der Waals surface area contributed by atoms with Gasteiger partial charge in [-0.25, -0.2) is 4.98 Å². The van der Waals surface area contributed by atoms with Crippen molar-refractivity contribution in [2.75, 3.05) is 24.5 Å². The molecule has 1 unspecified atom stereocenters. The molecule has 0 radical (unpaired) electrons. The van der Waals surface area contributed by atoms with Gasteiger partial charge >= 0.3 is 0 Å². The fourth-order valence-electron chi connectivity index (χ4n) is 4.93. The minimum absolute atomic E-state index is 0.355. The third-order valence-electron chi connectivity index (χ3n) is 6.65. The van der Waals surface area contributed by atoms with Crippen molar-refractivity contribution in [1.82, 2.24) is 9.88 Å². The monoisotopic (exact) mass is 383 g/mol. The Bertz CT molecular complexity index is 774. The average Bonchev–Trinajstić information content (AvgIpc) is 3.50. The second kappa shape index (κ2) is 7.42. The van der Waals surface area contributed by atoms with Gasteiger partial charge in [0.2, 0.25) is 5.91 Å². The molecule has 3 aliphatic rings. The van der Waals surface area contributed by atoms with Crippen LogP contribution in [0.3, 0.4) is 0 Å². The number of aromatic nitrogens is 1. The molecule has 2 saturated heterocycles. The summed E-state index contributed by atoms with van der Waals surface area (Å²) in [5.41, 5.74) is 1.12. The van der Waals surface area contributed by atoms with E-state index >= 15 is 0 Å². The van der Waals surface area contributed by atoms with E-state index in [0.717, 1.165) is 38.0 Å². The lowest BCUT2D eigenvalue weighted by atomic mass is 9.86. The van der Waals surface area contributed by atoms with E-state index in [1.165, 1.54) is 48.4 Å². The van der Waals surface area contributed by atoms with Crippen molar-refractivity contribution in [2.45, 2.75) is 57.4 Å². The van der Waals surface area contributed by atoms with Gasteiger partial charge in [0.1, 0.15) is 0 Å². The molecule has 3 heterocycles. The number of fused-ring (bicyclic) bond motifs is 1. The highest BCUT2D eigenvalue weighted by molar-refractivity contribution is 7.22. The highest BCUT2D eigenvalue weighted by Crippen LogP contribution is 2.37. The van der Waals surface area contributed by atoms with Crippen molar-refractivity contribution >= 4 is 32.6 Å². The fraction of sp³-hybridized carbons (Fsp3) is 0.636. The van der Waals surface area contributed by atoms with E-state index in [1.54, 1.807) is 0 Å². The Labute approximate surface area is 165 Å². The summed E-state index contributed by atoms with van der Waals surface area (Å²) in [7, 11) is 0. The number of rotatable bonds is 3. The minimum atomic E-state index is 0.355. The predicted octanol–water partition coefficient (Wildman–Crippen LogP) is 4.69. The maximum Gasteiger partial charge on any atom is 0.225 e. The van der Waals surface area contributed by atoms with Gasteiger partial charge in [0.25, 0.3) is 0 Å². The molecule has 2 aliphatic heterocycles. The van der Waals surface area contributed by atoms with E-state index in [4.69, 9.17) is 4.98 Å². The summed E-state index contributed by atoms with van der Waals surface area (Å²) in [4.78, 5) is 22.5. The van der Waals surface area contributed by atoms with Gasteiger partial charge in [-0.1, -0.05) is 36.3 Å². The Kier molecular flexibility index (Phi) is 4.80. The molecule has 144 valence electrons.